The molecule has 0 aliphatic carbocycles. The van der Waals surface area contributed by atoms with Gasteiger partial charge in [0.1, 0.15) is 6.04 Å². The van der Waals surface area contributed by atoms with Crippen molar-refractivity contribution in [3.63, 3.8) is 0 Å². The number of carbonyl (C=O) groups excluding carboxylic acids is 1. The van der Waals surface area contributed by atoms with E-state index < -0.39 is 12.0 Å². The molecule has 3 rings (SSSR count). The zero-order valence-electron chi connectivity index (χ0n) is 15.9. The van der Waals surface area contributed by atoms with Crippen LogP contribution in [0.25, 0.3) is 0 Å². The summed E-state index contributed by atoms with van der Waals surface area (Å²) in [5.74, 6) is -0.600. The summed E-state index contributed by atoms with van der Waals surface area (Å²) in [5, 5.41) is 11.9. The maximum absolute atomic E-state index is 11.8. The zero-order chi connectivity index (χ0) is 18.9. The van der Waals surface area contributed by atoms with E-state index in [9.17, 15) is 14.7 Å². The van der Waals surface area contributed by atoms with Gasteiger partial charge < -0.3 is 14.9 Å². The van der Waals surface area contributed by atoms with Crippen molar-refractivity contribution in [2.45, 2.75) is 45.3 Å². The number of rotatable bonds is 5. The monoisotopic (exact) mass is 379 g/mol. The van der Waals surface area contributed by atoms with E-state index in [4.69, 9.17) is 0 Å². The largest absolute Gasteiger partial charge is 0.480 e. The van der Waals surface area contributed by atoms with Crippen LogP contribution in [-0.4, -0.2) is 71.5 Å². The summed E-state index contributed by atoms with van der Waals surface area (Å²) in [6.45, 7) is 5.54. The maximum atomic E-state index is 11.8. The van der Waals surface area contributed by atoms with E-state index >= 15 is 0 Å². The molecule has 3 heterocycles. The molecule has 0 saturated carbocycles. The number of carbonyl (C=O) groups is 2. The lowest BCUT2D eigenvalue weighted by molar-refractivity contribution is -0.142. The third-order valence-electron chi connectivity index (χ3n) is 5.73. The average Bonchev–Trinajstić information content (AvgIpc) is 3.12. The van der Waals surface area contributed by atoms with E-state index in [1.165, 1.54) is 10.4 Å². The Labute approximate surface area is 159 Å². The van der Waals surface area contributed by atoms with Crippen LogP contribution in [0.15, 0.2) is 11.4 Å². The van der Waals surface area contributed by atoms with E-state index in [2.05, 4.69) is 35.3 Å². The number of piperidine rings is 1. The molecule has 7 heteroatoms. The van der Waals surface area contributed by atoms with E-state index in [1.54, 1.807) is 18.3 Å². The topological polar surface area (TPSA) is 64.1 Å². The molecule has 0 aromatic carbocycles. The Morgan fingerprint density at radius 1 is 1.35 bits per heavy atom. The second-order valence-corrected chi connectivity index (χ2v) is 9.12. The fourth-order valence-electron chi connectivity index (χ4n) is 4.37. The average molecular weight is 380 g/mol. The normalized spacial score (nSPS) is 23.1. The summed E-state index contributed by atoms with van der Waals surface area (Å²) in [4.78, 5) is 30.8. The molecule has 1 atom stereocenters. The second kappa shape index (κ2) is 7.66. The minimum absolute atomic E-state index is 0.0404. The van der Waals surface area contributed by atoms with Gasteiger partial charge in [-0.25, -0.2) is 0 Å². The van der Waals surface area contributed by atoms with Crippen molar-refractivity contribution in [3.8, 4) is 0 Å². The van der Waals surface area contributed by atoms with Crippen LogP contribution in [-0.2, 0) is 22.7 Å². The number of hydrogen-bond donors (Lipinski definition) is 1. The van der Waals surface area contributed by atoms with Crippen LogP contribution < -0.4 is 0 Å². The van der Waals surface area contributed by atoms with Gasteiger partial charge in [-0.2, -0.15) is 0 Å². The molecule has 1 aromatic rings. The number of nitrogens with zero attached hydrogens (tertiary/aromatic N) is 3. The van der Waals surface area contributed by atoms with Gasteiger partial charge in [0.05, 0.1) is 0 Å². The fraction of sp³-hybridized carbons (Fsp3) is 0.684. The summed E-state index contributed by atoms with van der Waals surface area (Å²) in [5.41, 5.74) is 1.32. The Balaban J connectivity index is 1.67. The number of thiophene rings is 1. The van der Waals surface area contributed by atoms with Crippen LogP contribution in [0.3, 0.4) is 0 Å². The number of aliphatic carboxylic acids is 1. The van der Waals surface area contributed by atoms with Crippen LogP contribution in [0.4, 0.5) is 0 Å². The van der Waals surface area contributed by atoms with Gasteiger partial charge in [-0.3, -0.25) is 14.5 Å². The highest BCUT2D eigenvalue weighted by atomic mass is 32.1. The van der Waals surface area contributed by atoms with E-state index in [-0.39, 0.29) is 11.3 Å². The van der Waals surface area contributed by atoms with Gasteiger partial charge in [-0.05, 0) is 55.8 Å². The van der Waals surface area contributed by atoms with Crippen LogP contribution >= 0.6 is 11.3 Å². The lowest BCUT2D eigenvalue weighted by Crippen LogP contribution is -2.43. The maximum Gasteiger partial charge on any atom is 0.320 e. The predicted molar refractivity (Wildman–Crippen MR) is 102 cm³/mol. The number of likely N-dealkylation sites (tertiary alicyclic amines) is 2. The molecule has 2 aliphatic rings. The molecule has 2 aliphatic heterocycles. The van der Waals surface area contributed by atoms with Crippen molar-refractivity contribution in [2.75, 3.05) is 33.7 Å². The molecule has 26 heavy (non-hydrogen) atoms. The highest BCUT2D eigenvalue weighted by molar-refractivity contribution is 7.10. The molecule has 1 spiro atoms. The smallest absolute Gasteiger partial charge is 0.320 e. The van der Waals surface area contributed by atoms with Gasteiger partial charge in [0.15, 0.2) is 0 Å². The van der Waals surface area contributed by atoms with E-state index in [1.807, 2.05) is 4.90 Å². The van der Waals surface area contributed by atoms with Gasteiger partial charge in [0.25, 0.3) is 0 Å². The molecule has 2 saturated heterocycles. The van der Waals surface area contributed by atoms with Crippen LogP contribution in [0, 0.1) is 5.41 Å². The van der Waals surface area contributed by atoms with Gasteiger partial charge >= 0.3 is 5.97 Å². The van der Waals surface area contributed by atoms with E-state index in [0.29, 0.717) is 13.0 Å². The second-order valence-electron chi connectivity index (χ2n) is 8.13. The van der Waals surface area contributed by atoms with Crippen LogP contribution in [0.5, 0.6) is 0 Å². The Morgan fingerprint density at radius 3 is 2.62 bits per heavy atom. The SMILES string of the molecule is CC(=O)N1CCC2(CC1)CC(C(=O)O)N(Cc1cc(CN(C)C)cs1)C2. The van der Waals surface area contributed by atoms with Crippen molar-refractivity contribution in [3.05, 3.63) is 21.9 Å². The first-order chi connectivity index (χ1) is 12.3. The summed E-state index contributed by atoms with van der Waals surface area (Å²) in [7, 11) is 4.10. The number of hydrogen-bond acceptors (Lipinski definition) is 5. The highest BCUT2D eigenvalue weighted by Gasteiger charge is 2.48. The standard InChI is InChI=1S/C19H29N3O3S/c1-14(23)21-6-4-19(5-7-21)9-17(18(24)25)22(13-19)11-16-8-15(12-26-16)10-20(2)3/h8,12,17H,4-7,9-11,13H2,1-3H3,(H,24,25). The summed E-state index contributed by atoms with van der Waals surface area (Å²) in [6.07, 6.45) is 2.51. The molecule has 2 fully saturated rings. The minimum Gasteiger partial charge on any atom is -0.480 e. The Kier molecular flexibility index (Phi) is 5.69. The first-order valence-electron chi connectivity index (χ1n) is 9.21. The molecule has 6 nitrogen and oxygen atoms in total. The molecule has 1 unspecified atom stereocenters. The van der Waals surface area contributed by atoms with Crippen molar-refractivity contribution >= 4 is 23.2 Å². The molecule has 1 N–H and O–H groups in total. The Hall–Kier alpha value is -1.44. The summed E-state index contributed by atoms with van der Waals surface area (Å²) < 4.78 is 0. The molecule has 0 radical (unpaired) electrons. The quantitative estimate of drug-likeness (QED) is 0.849. The minimum atomic E-state index is -0.721. The first-order valence-corrected chi connectivity index (χ1v) is 10.1. The van der Waals surface area contributed by atoms with Crippen molar-refractivity contribution in [1.29, 1.82) is 0 Å². The molecule has 144 valence electrons. The fourth-order valence-corrected chi connectivity index (χ4v) is 5.28. The van der Waals surface area contributed by atoms with E-state index in [0.717, 1.165) is 39.0 Å². The highest BCUT2D eigenvalue weighted by Crippen LogP contribution is 2.44. The molecule has 1 aromatic heterocycles. The summed E-state index contributed by atoms with van der Waals surface area (Å²) in [6, 6.07) is 1.78. The summed E-state index contributed by atoms with van der Waals surface area (Å²) >= 11 is 1.72. The number of amides is 1. The predicted octanol–water partition coefficient (Wildman–Crippen LogP) is 2.10. The van der Waals surface area contributed by atoms with Gasteiger partial charge in [-0.15, -0.1) is 11.3 Å². The number of carboxylic acid groups (broad SMARTS) is 1. The molecule has 1 amide bonds. The Morgan fingerprint density at radius 2 is 2.04 bits per heavy atom. The lowest BCUT2D eigenvalue weighted by atomic mass is 9.76. The third-order valence-corrected chi connectivity index (χ3v) is 6.70. The van der Waals surface area contributed by atoms with Crippen LogP contribution in [0.2, 0.25) is 0 Å². The third kappa shape index (κ3) is 4.27. The van der Waals surface area contributed by atoms with Gasteiger partial charge in [-0.1, -0.05) is 0 Å². The van der Waals surface area contributed by atoms with Gasteiger partial charge in [0, 0.05) is 44.5 Å². The van der Waals surface area contributed by atoms with Crippen LogP contribution in [0.1, 0.15) is 36.6 Å². The van der Waals surface area contributed by atoms with Crippen molar-refractivity contribution in [1.82, 2.24) is 14.7 Å². The van der Waals surface area contributed by atoms with Crippen molar-refractivity contribution in [2.24, 2.45) is 5.41 Å². The van der Waals surface area contributed by atoms with Crippen molar-refractivity contribution < 1.29 is 14.7 Å². The molecule has 0 bridgehead atoms. The Bertz CT molecular complexity index is 665. The lowest BCUT2D eigenvalue weighted by Gasteiger charge is -2.39. The molecular weight excluding hydrogens is 350 g/mol. The number of carboxylic acids is 1. The zero-order valence-corrected chi connectivity index (χ0v) is 16.7. The van der Waals surface area contributed by atoms with Gasteiger partial charge in [0.2, 0.25) is 5.91 Å². The first kappa shape index (κ1) is 19.3. The molecular formula is C19H29N3O3S.